The lowest BCUT2D eigenvalue weighted by Gasteiger charge is -2.14. The number of hydrogen-bond acceptors (Lipinski definition) is 3. The maximum absolute atomic E-state index is 11.0. The molecular weight excluding hydrogens is 302 g/mol. The summed E-state index contributed by atoms with van der Waals surface area (Å²) in [5.74, 6) is -0.592. The standard InChI is InChI=1S/C12H18BrNO2S/c1-8(2)3-9(12(15)16)5-14-6-11-4-10(13)7-17-11/h4,7-9,14H,3,5-6H2,1-2H3,(H,15,16). The predicted octanol–water partition coefficient (Wildman–Crippen LogP) is 3.35. The van der Waals surface area contributed by atoms with E-state index in [9.17, 15) is 4.79 Å². The molecule has 17 heavy (non-hydrogen) atoms. The molecule has 0 saturated carbocycles. The van der Waals surface area contributed by atoms with Gasteiger partial charge in [-0.25, -0.2) is 0 Å². The fourth-order valence-corrected chi connectivity index (χ4v) is 3.08. The van der Waals surface area contributed by atoms with Gasteiger partial charge in [-0.05, 0) is 34.3 Å². The van der Waals surface area contributed by atoms with Gasteiger partial charge in [0.05, 0.1) is 5.92 Å². The highest BCUT2D eigenvalue weighted by Gasteiger charge is 2.18. The number of aliphatic carboxylic acids is 1. The van der Waals surface area contributed by atoms with E-state index in [1.54, 1.807) is 11.3 Å². The molecule has 1 aromatic heterocycles. The molecule has 1 heterocycles. The zero-order valence-electron chi connectivity index (χ0n) is 10.1. The average molecular weight is 320 g/mol. The van der Waals surface area contributed by atoms with Gasteiger partial charge in [-0.15, -0.1) is 11.3 Å². The van der Waals surface area contributed by atoms with Crippen LogP contribution in [0.25, 0.3) is 0 Å². The summed E-state index contributed by atoms with van der Waals surface area (Å²) < 4.78 is 1.08. The van der Waals surface area contributed by atoms with Crippen LogP contribution in [0.4, 0.5) is 0 Å². The van der Waals surface area contributed by atoms with Gasteiger partial charge < -0.3 is 10.4 Å². The third kappa shape index (κ3) is 5.66. The van der Waals surface area contributed by atoms with E-state index in [2.05, 4.69) is 27.3 Å². The summed E-state index contributed by atoms with van der Waals surface area (Å²) in [6.45, 7) is 5.36. The first-order chi connectivity index (χ1) is 7.99. The van der Waals surface area contributed by atoms with Gasteiger partial charge in [-0.3, -0.25) is 4.79 Å². The van der Waals surface area contributed by atoms with Crippen molar-refractivity contribution in [2.24, 2.45) is 11.8 Å². The van der Waals surface area contributed by atoms with Crippen molar-refractivity contribution in [1.29, 1.82) is 0 Å². The summed E-state index contributed by atoms with van der Waals surface area (Å²) in [5.41, 5.74) is 0. The van der Waals surface area contributed by atoms with Gasteiger partial charge in [-0.1, -0.05) is 13.8 Å². The van der Waals surface area contributed by atoms with E-state index < -0.39 is 5.97 Å². The number of carboxylic acids is 1. The molecule has 0 aliphatic rings. The molecule has 1 unspecified atom stereocenters. The van der Waals surface area contributed by atoms with Gasteiger partial charge in [0.15, 0.2) is 0 Å². The van der Waals surface area contributed by atoms with E-state index in [1.165, 1.54) is 4.88 Å². The third-order valence-electron chi connectivity index (χ3n) is 2.42. The number of hydrogen-bond donors (Lipinski definition) is 2. The maximum Gasteiger partial charge on any atom is 0.307 e. The van der Waals surface area contributed by atoms with Crippen molar-refractivity contribution >= 4 is 33.2 Å². The fourth-order valence-electron chi connectivity index (χ4n) is 1.66. The molecular formula is C12H18BrNO2S. The molecule has 0 aromatic carbocycles. The molecule has 1 aromatic rings. The molecule has 0 amide bonds. The molecule has 1 atom stereocenters. The first kappa shape index (κ1) is 14.7. The van der Waals surface area contributed by atoms with Crippen LogP contribution >= 0.6 is 27.3 Å². The normalized spacial score (nSPS) is 12.9. The molecule has 0 bridgehead atoms. The summed E-state index contributed by atoms with van der Waals surface area (Å²) >= 11 is 5.06. The monoisotopic (exact) mass is 319 g/mol. The summed E-state index contributed by atoms with van der Waals surface area (Å²) in [7, 11) is 0. The van der Waals surface area contributed by atoms with Crippen molar-refractivity contribution in [3.63, 3.8) is 0 Å². The van der Waals surface area contributed by atoms with Crippen LogP contribution in [0.3, 0.4) is 0 Å². The Kier molecular flexibility index (Phi) is 6.16. The average Bonchev–Trinajstić information content (AvgIpc) is 2.62. The number of carbonyl (C=O) groups is 1. The molecule has 2 N–H and O–H groups in total. The zero-order valence-corrected chi connectivity index (χ0v) is 12.5. The molecule has 0 spiro atoms. The molecule has 1 rings (SSSR count). The highest BCUT2D eigenvalue weighted by molar-refractivity contribution is 9.10. The number of halogens is 1. The first-order valence-electron chi connectivity index (χ1n) is 5.65. The van der Waals surface area contributed by atoms with Crippen LogP contribution < -0.4 is 5.32 Å². The Labute approximate surface area is 114 Å². The van der Waals surface area contributed by atoms with E-state index in [0.29, 0.717) is 12.5 Å². The fraction of sp³-hybridized carbons (Fsp3) is 0.583. The summed E-state index contributed by atoms with van der Waals surface area (Å²) in [6, 6.07) is 2.05. The smallest absolute Gasteiger partial charge is 0.307 e. The van der Waals surface area contributed by atoms with Crippen LogP contribution in [0.1, 0.15) is 25.1 Å². The summed E-state index contributed by atoms with van der Waals surface area (Å²) in [6.07, 6.45) is 0.719. The molecule has 0 aliphatic heterocycles. The predicted molar refractivity (Wildman–Crippen MR) is 74.3 cm³/mol. The number of rotatable bonds is 7. The highest BCUT2D eigenvalue weighted by atomic mass is 79.9. The van der Waals surface area contributed by atoms with Crippen LogP contribution in [0.5, 0.6) is 0 Å². The number of thiophene rings is 1. The number of nitrogens with one attached hydrogen (secondary N) is 1. The van der Waals surface area contributed by atoms with Crippen molar-refractivity contribution in [3.8, 4) is 0 Å². The quantitative estimate of drug-likeness (QED) is 0.810. The third-order valence-corrected chi connectivity index (χ3v) is 4.11. The number of carboxylic acid groups (broad SMARTS) is 1. The molecule has 0 radical (unpaired) electrons. The molecule has 0 saturated heterocycles. The van der Waals surface area contributed by atoms with Crippen LogP contribution in [0, 0.1) is 11.8 Å². The Morgan fingerprint density at radius 1 is 1.59 bits per heavy atom. The van der Waals surface area contributed by atoms with Crippen molar-refractivity contribution in [3.05, 3.63) is 20.8 Å². The zero-order chi connectivity index (χ0) is 12.8. The second-order valence-corrected chi connectivity index (χ2v) is 6.44. The Morgan fingerprint density at radius 2 is 2.29 bits per heavy atom. The van der Waals surface area contributed by atoms with Crippen LogP contribution in [0.15, 0.2) is 15.9 Å². The van der Waals surface area contributed by atoms with E-state index in [1.807, 2.05) is 19.2 Å². The van der Waals surface area contributed by atoms with Gasteiger partial charge in [0, 0.05) is 27.8 Å². The van der Waals surface area contributed by atoms with E-state index >= 15 is 0 Å². The van der Waals surface area contributed by atoms with E-state index in [-0.39, 0.29) is 5.92 Å². The van der Waals surface area contributed by atoms with Gasteiger partial charge in [0.25, 0.3) is 0 Å². The minimum absolute atomic E-state index is 0.293. The van der Waals surface area contributed by atoms with Crippen LogP contribution in [-0.2, 0) is 11.3 Å². The van der Waals surface area contributed by atoms with Crippen molar-refractivity contribution in [2.75, 3.05) is 6.54 Å². The summed E-state index contributed by atoms with van der Waals surface area (Å²) in [5, 5.41) is 14.3. The molecule has 96 valence electrons. The minimum atomic E-state index is -0.710. The first-order valence-corrected chi connectivity index (χ1v) is 7.32. The van der Waals surface area contributed by atoms with Crippen molar-refractivity contribution in [1.82, 2.24) is 5.32 Å². The summed E-state index contributed by atoms with van der Waals surface area (Å²) in [4.78, 5) is 12.3. The Bertz CT molecular complexity index is 365. The second-order valence-electron chi connectivity index (χ2n) is 4.53. The van der Waals surface area contributed by atoms with Gasteiger partial charge in [0.2, 0.25) is 0 Å². The molecule has 5 heteroatoms. The van der Waals surface area contributed by atoms with Crippen LogP contribution in [0.2, 0.25) is 0 Å². The topological polar surface area (TPSA) is 49.3 Å². The lowest BCUT2D eigenvalue weighted by molar-refractivity contribution is -0.142. The lowest BCUT2D eigenvalue weighted by Crippen LogP contribution is -2.29. The molecule has 3 nitrogen and oxygen atoms in total. The minimum Gasteiger partial charge on any atom is -0.481 e. The van der Waals surface area contributed by atoms with Crippen molar-refractivity contribution in [2.45, 2.75) is 26.8 Å². The van der Waals surface area contributed by atoms with Crippen molar-refractivity contribution < 1.29 is 9.90 Å². The maximum atomic E-state index is 11.0. The highest BCUT2D eigenvalue weighted by Crippen LogP contribution is 2.19. The Balaban J connectivity index is 2.34. The largest absolute Gasteiger partial charge is 0.481 e. The van der Waals surface area contributed by atoms with E-state index in [0.717, 1.165) is 17.4 Å². The van der Waals surface area contributed by atoms with Gasteiger partial charge >= 0.3 is 5.97 Å². The lowest BCUT2D eigenvalue weighted by atomic mass is 9.97. The van der Waals surface area contributed by atoms with Crippen LogP contribution in [-0.4, -0.2) is 17.6 Å². The van der Waals surface area contributed by atoms with Gasteiger partial charge in [0.1, 0.15) is 0 Å². The van der Waals surface area contributed by atoms with E-state index in [4.69, 9.17) is 5.11 Å². The Morgan fingerprint density at radius 3 is 2.76 bits per heavy atom. The molecule has 0 aliphatic carbocycles. The second kappa shape index (κ2) is 7.13. The SMILES string of the molecule is CC(C)CC(CNCc1cc(Br)cs1)C(=O)O. The Hall–Kier alpha value is -0.390. The molecule has 0 fully saturated rings. The van der Waals surface area contributed by atoms with Gasteiger partial charge in [-0.2, -0.15) is 0 Å².